The second kappa shape index (κ2) is 8.89. The Kier molecular flexibility index (Phi) is 6.74. The Morgan fingerprint density at radius 2 is 2.11 bits per heavy atom. The third-order valence-corrected chi connectivity index (χ3v) is 8.43. The first-order chi connectivity index (χ1) is 13.3. The number of amides is 1. The van der Waals surface area contributed by atoms with Gasteiger partial charge in [0.1, 0.15) is 4.21 Å². The molecule has 1 N–H and O–H groups in total. The predicted octanol–water partition coefficient (Wildman–Crippen LogP) is 4.41. The zero-order valence-electron chi connectivity index (χ0n) is 15.1. The van der Waals surface area contributed by atoms with Crippen LogP contribution in [0.4, 0.5) is 14.5 Å². The highest BCUT2D eigenvalue weighted by molar-refractivity contribution is 7.99. The minimum absolute atomic E-state index is 0.108. The van der Waals surface area contributed by atoms with E-state index in [9.17, 15) is 22.0 Å². The molecule has 0 radical (unpaired) electrons. The van der Waals surface area contributed by atoms with Crippen molar-refractivity contribution in [3.05, 3.63) is 41.3 Å². The van der Waals surface area contributed by atoms with E-state index in [1.54, 1.807) is 30.3 Å². The molecule has 1 aromatic carbocycles. The number of carbonyl (C=O) groups is 1. The van der Waals surface area contributed by atoms with Gasteiger partial charge >= 0.3 is 0 Å². The van der Waals surface area contributed by atoms with Crippen LogP contribution in [-0.2, 0) is 14.8 Å². The smallest absolute Gasteiger partial charge is 0.288 e. The lowest BCUT2D eigenvalue weighted by Gasteiger charge is -2.30. The Bertz CT molecular complexity index is 947. The molecule has 152 valence electrons. The first-order valence-electron chi connectivity index (χ1n) is 8.68. The van der Waals surface area contributed by atoms with Gasteiger partial charge in [0.25, 0.3) is 15.8 Å². The van der Waals surface area contributed by atoms with Crippen LogP contribution < -0.4 is 5.32 Å². The van der Waals surface area contributed by atoms with Gasteiger partial charge in [-0.1, -0.05) is 17.8 Å². The van der Waals surface area contributed by atoms with Crippen LogP contribution in [0.5, 0.6) is 0 Å². The molecule has 0 saturated carbocycles. The number of nitrogens with one attached hydrogen (secondary N) is 1. The molecule has 2 aromatic rings. The Balaban J connectivity index is 1.68. The molecule has 1 aliphatic rings. The van der Waals surface area contributed by atoms with Gasteiger partial charge < -0.3 is 5.32 Å². The number of rotatable bonds is 6. The second-order valence-electron chi connectivity index (χ2n) is 6.46. The number of thioether (sulfide) groups is 1. The van der Waals surface area contributed by atoms with Crippen molar-refractivity contribution in [2.45, 2.75) is 34.6 Å². The van der Waals surface area contributed by atoms with Crippen LogP contribution in [0.15, 0.2) is 45.5 Å². The van der Waals surface area contributed by atoms with E-state index >= 15 is 0 Å². The number of anilines is 1. The average Bonchev–Trinajstić information content (AvgIpc) is 3.09. The van der Waals surface area contributed by atoms with Crippen LogP contribution in [0.2, 0.25) is 0 Å². The van der Waals surface area contributed by atoms with E-state index in [4.69, 9.17) is 0 Å². The average molecular weight is 447 g/mol. The van der Waals surface area contributed by atoms with Crippen molar-refractivity contribution in [3.63, 3.8) is 0 Å². The lowest BCUT2D eigenvalue weighted by molar-refractivity contribution is -0.120. The fourth-order valence-electron chi connectivity index (χ4n) is 3.05. The van der Waals surface area contributed by atoms with E-state index in [1.807, 2.05) is 6.92 Å². The zero-order chi connectivity index (χ0) is 20.3. The highest BCUT2D eigenvalue weighted by Gasteiger charge is 2.34. The molecular weight excluding hydrogens is 426 g/mol. The van der Waals surface area contributed by atoms with Crippen molar-refractivity contribution >= 4 is 44.7 Å². The van der Waals surface area contributed by atoms with E-state index in [0.717, 1.165) is 4.88 Å². The summed E-state index contributed by atoms with van der Waals surface area (Å²) in [4.78, 5) is 13.9. The lowest BCUT2D eigenvalue weighted by Crippen LogP contribution is -2.43. The molecule has 0 aliphatic carbocycles. The largest absolute Gasteiger partial charge is 0.326 e. The number of alkyl halides is 2. The van der Waals surface area contributed by atoms with Crippen LogP contribution in [-0.4, -0.2) is 37.5 Å². The van der Waals surface area contributed by atoms with Crippen LogP contribution in [0.3, 0.4) is 0 Å². The first-order valence-corrected chi connectivity index (χ1v) is 11.8. The molecule has 1 unspecified atom stereocenters. The highest BCUT2D eigenvalue weighted by atomic mass is 32.2. The molecule has 3 rings (SSSR count). The van der Waals surface area contributed by atoms with Gasteiger partial charge in [-0.2, -0.15) is 13.1 Å². The summed E-state index contributed by atoms with van der Waals surface area (Å²) in [5.41, 5.74) is 0.421. The molecule has 0 spiro atoms. The SMILES string of the molecule is Cc1ccc(S(=O)(=O)N2CCCC(C(=O)Nc3cccc(SC(F)F)c3)C2)s1. The van der Waals surface area contributed by atoms with Crippen LogP contribution in [0.1, 0.15) is 17.7 Å². The van der Waals surface area contributed by atoms with Crippen molar-refractivity contribution < 1.29 is 22.0 Å². The third kappa shape index (κ3) is 5.11. The van der Waals surface area contributed by atoms with Gasteiger partial charge in [-0.05, 0) is 50.1 Å². The lowest BCUT2D eigenvalue weighted by atomic mass is 9.99. The molecule has 1 aromatic heterocycles. The summed E-state index contributed by atoms with van der Waals surface area (Å²) in [6, 6.07) is 9.60. The summed E-state index contributed by atoms with van der Waals surface area (Å²) >= 11 is 1.62. The summed E-state index contributed by atoms with van der Waals surface area (Å²) in [6.45, 7) is 2.33. The Morgan fingerprint density at radius 1 is 1.32 bits per heavy atom. The Hall–Kier alpha value is -1.49. The number of sulfonamides is 1. The van der Waals surface area contributed by atoms with Gasteiger partial charge in [-0.25, -0.2) is 8.42 Å². The molecule has 1 atom stereocenters. The summed E-state index contributed by atoms with van der Waals surface area (Å²) in [6.07, 6.45) is 1.16. The number of thiophene rings is 1. The summed E-state index contributed by atoms with van der Waals surface area (Å²) in [5, 5.41) is 2.73. The Labute approximate surface area is 171 Å². The van der Waals surface area contributed by atoms with Crippen molar-refractivity contribution in [1.82, 2.24) is 4.31 Å². The summed E-state index contributed by atoms with van der Waals surface area (Å²) in [5.74, 6) is -3.33. The summed E-state index contributed by atoms with van der Waals surface area (Å²) < 4.78 is 52.3. The van der Waals surface area contributed by atoms with Gasteiger partial charge in [0, 0.05) is 28.5 Å². The van der Waals surface area contributed by atoms with E-state index in [-0.39, 0.29) is 16.7 Å². The monoisotopic (exact) mass is 446 g/mol. The molecule has 1 amide bonds. The minimum Gasteiger partial charge on any atom is -0.326 e. The predicted molar refractivity (Wildman–Crippen MR) is 107 cm³/mol. The standard InChI is InChI=1S/C18H20F2N2O3S3/c1-12-7-8-16(26-12)28(24,25)22-9-3-4-13(11-22)17(23)21-14-5-2-6-15(10-14)27-18(19)20/h2,5-8,10,13,18H,3-4,9,11H2,1H3,(H,21,23). The van der Waals surface area contributed by atoms with E-state index in [0.29, 0.717) is 41.7 Å². The third-order valence-electron chi connectivity index (χ3n) is 4.39. The molecule has 5 nitrogen and oxygen atoms in total. The van der Waals surface area contributed by atoms with E-state index in [1.165, 1.54) is 21.7 Å². The number of aryl methyl sites for hydroxylation is 1. The zero-order valence-corrected chi connectivity index (χ0v) is 17.5. The highest BCUT2D eigenvalue weighted by Crippen LogP contribution is 2.30. The molecule has 1 fully saturated rings. The van der Waals surface area contributed by atoms with Crippen molar-refractivity contribution in [1.29, 1.82) is 0 Å². The van der Waals surface area contributed by atoms with Gasteiger partial charge in [0.2, 0.25) is 5.91 Å². The number of carbonyl (C=O) groups excluding carboxylic acids is 1. The number of halogens is 2. The maximum Gasteiger partial charge on any atom is 0.288 e. The molecule has 1 saturated heterocycles. The van der Waals surface area contributed by atoms with Gasteiger partial charge in [-0.15, -0.1) is 11.3 Å². The van der Waals surface area contributed by atoms with Crippen LogP contribution in [0, 0.1) is 12.8 Å². The fraction of sp³-hybridized carbons (Fsp3) is 0.389. The minimum atomic E-state index is -3.62. The van der Waals surface area contributed by atoms with Gasteiger partial charge in [0.05, 0.1) is 5.92 Å². The normalized spacial score (nSPS) is 18.4. The number of hydrogen-bond acceptors (Lipinski definition) is 5. The van der Waals surface area contributed by atoms with Gasteiger partial charge in [0.15, 0.2) is 0 Å². The van der Waals surface area contributed by atoms with Crippen LogP contribution in [0.25, 0.3) is 0 Å². The fourth-order valence-corrected chi connectivity index (χ4v) is 6.57. The molecule has 10 heteroatoms. The quantitative estimate of drug-likeness (QED) is 0.668. The molecule has 28 heavy (non-hydrogen) atoms. The topological polar surface area (TPSA) is 66.5 Å². The Morgan fingerprint density at radius 3 is 2.79 bits per heavy atom. The maximum atomic E-state index is 12.8. The maximum absolute atomic E-state index is 12.8. The number of nitrogens with zero attached hydrogens (tertiary/aromatic N) is 1. The molecule has 0 bridgehead atoms. The second-order valence-corrected chi connectivity index (χ2v) is 11.0. The first kappa shape index (κ1) is 21.2. The van der Waals surface area contributed by atoms with Gasteiger partial charge in [-0.3, -0.25) is 4.79 Å². The molecular formula is C18H20F2N2O3S3. The van der Waals surface area contributed by atoms with Crippen molar-refractivity contribution in [3.8, 4) is 0 Å². The molecule has 1 aliphatic heterocycles. The van der Waals surface area contributed by atoms with Crippen molar-refractivity contribution in [2.24, 2.45) is 5.92 Å². The van der Waals surface area contributed by atoms with Crippen molar-refractivity contribution in [2.75, 3.05) is 18.4 Å². The number of piperidine rings is 1. The summed E-state index contributed by atoms with van der Waals surface area (Å²) in [7, 11) is -3.62. The number of benzene rings is 1. The molecule has 2 heterocycles. The van der Waals surface area contributed by atoms with Crippen LogP contribution >= 0.6 is 23.1 Å². The van der Waals surface area contributed by atoms with E-state index in [2.05, 4.69) is 5.32 Å². The van der Waals surface area contributed by atoms with E-state index < -0.39 is 21.7 Å². The number of hydrogen-bond donors (Lipinski definition) is 1.